The van der Waals surface area contributed by atoms with Gasteiger partial charge >= 0.3 is 0 Å². The molecule has 0 spiro atoms. The first kappa shape index (κ1) is 26.5. The fraction of sp³-hybridized carbons (Fsp3) is 0.0638. The highest BCUT2D eigenvalue weighted by Gasteiger charge is 2.35. The molecule has 0 heteroatoms. The molecular weight excluding hydrogens is 565 g/mol. The molecule has 0 saturated heterocycles. The van der Waals surface area contributed by atoms with Crippen molar-refractivity contribution >= 4 is 53.9 Å². The average molecular weight is 597 g/mol. The third-order valence-electron chi connectivity index (χ3n) is 10.8. The van der Waals surface area contributed by atoms with E-state index >= 15 is 0 Å². The summed E-state index contributed by atoms with van der Waals surface area (Å²) in [6.45, 7) is 4.71. The Kier molecular flexibility index (Phi) is 5.44. The number of rotatable bonds is 2. The van der Waals surface area contributed by atoms with Crippen LogP contribution in [0.1, 0.15) is 25.0 Å². The Balaban J connectivity index is 1.04. The predicted octanol–water partition coefficient (Wildman–Crippen LogP) is 13.1. The Morgan fingerprint density at radius 3 is 1.47 bits per heavy atom. The maximum absolute atomic E-state index is 2.45. The molecule has 0 saturated carbocycles. The van der Waals surface area contributed by atoms with Gasteiger partial charge < -0.3 is 0 Å². The summed E-state index contributed by atoms with van der Waals surface area (Å²) in [4.78, 5) is 0. The number of hydrogen-bond donors (Lipinski definition) is 0. The molecule has 9 aromatic carbocycles. The van der Waals surface area contributed by atoms with Crippen LogP contribution in [-0.4, -0.2) is 0 Å². The van der Waals surface area contributed by atoms with Crippen molar-refractivity contribution in [2.75, 3.05) is 0 Å². The zero-order valence-electron chi connectivity index (χ0n) is 26.5. The van der Waals surface area contributed by atoms with E-state index in [4.69, 9.17) is 0 Å². The van der Waals surface area contributed by atoms with E-state index in [2.05, 4.69) is 172 Å². The first-order valence-corrected chi connectivity index (χ1v) is 16.6. The molecule has 0 N–H and O–H groups in total. The van der Waals surface area contributed by atoms with E-state index in [1.54, 1.807) is 0 Å². The molecule has 0 aliphatic heterocycles. The molecule has 0 bridgehead atoms. The second kappa shape index (κ2) is 9.64. The standard InChI is InChI=1S/C47H32/c1-47(2)45-10-6-5-9-42(45)44-28-43-38(27-46(44)47)19-21-40-39-20-17-36(26-37(39)18-22-41(40)43)35-16-15-33-24-32(13-14-34(33)25-35)31-12-11-29-7-3-4-8-30(29)23-31/h3-28H,1-2H3. The Morgan fingerprint density at radius 1 is 0.298 bits per heavy atom. The maximum atomic E-state index is 2.45. The maximum Gasteiger partial charge on any atom is 0.0159 e. The first-order valence-electron chi connectivity index (χ1n) is 16.6. The lowest BCUT2D eigenvalue weighted by Gasteiger charge is -2.21. The van der Waals surface area contributed by atoms with Gasteiger partial charge in [0.2, 0.25) is 0 Å². The van der Waals surface area contributed by atoms with Crippen molar-refractivity contribution < 1.29 is 0 Å². The lowest BCUT2D eigenvalue weighted by molar-refractivity contribution is 0.661. The van der Waals surface area contributed by atoms with Crippen LogP contribution in [0.3, 0.4) is 0 Å². The molecule has 1 aliphatic carbocycles. The fourth-order valence-corrected chi connectivity index (χ4v) is 8.23. The molecule has 0 atom stereocenters. The topological polar surface area (TPSA) is 0 Å². The summed E-state index contributed by atoms with van der Waals surface area (Å²) in [5.74, 6) is 0. The molecule has 9 aromatic rings. The third-order valence-corrected chi connectivity index (χ3v) is 10.8. The van der Waals surface area contributed by atoms with Gasteiger partial charge in [-0.25, -0.2) is 0 Å². The summed E-state index contributed by atoms with van der Waals surface area (Å²) in [7, 11) is 0. The van der Waals surface area contributed by atoms with Crippen molar-refractivity contribution in [2.24, 2.45) is 0 Å². The Bertz CT molecular complexity index is 2760. The van der Waals surface area contributed by atoms with Crippen molar-refractivity contribution in [1.82, 2.24) is 0 Å². The van der Waals surface area contributed by atoms with Crippen LogP contribution in [-0.2, 0) is 5.41 Å². The molecule has 220 valence electrons. The zero-order chi connectivity index (χ0) is 31.3. The molecule has 47 heavy (non-hydrogen) atoms. The third kappa shape index (κ3) is 3.95. The quantitative estimate of drug-likeness (QED) is 0.174. The van der Waals surface area contributed by atoms with E-state index in [0.717, 1.165) is 0 Å². The minimum absolute atomic E-state index is 0.0111. The monoisotopic (exact) mass is 596 g/mol. The van der Waals surface area contributed by atoms with Gasteiger partial charge in [-0.1, -0.05) is 135 Å². The van der Waals surface area contributed by atoms with Gasteiger partial charge in [0.1, 0.15) is 0 Å². The lowest BCUT2D eigenvalue weighted by atomic mass is 9.81. The Labute approximate surface area is 274 Å². The zero-order valence-corrected chi connectivity index (χ0v) is 26.5. The summed E-state index contributed by atoms with van der Waals surface area (Å²) >= 11 is 0. The largest absolute Gasteiger partial charge is 0.0619 e. The second-order valence-electron chi connectivity index (χ2n) is 13.8. The van der Waals surface area contributed by atoms with E-state index in [1.165, 1.54) is 98.4 Å². The number of hydrogen-bond acceptors (Lipinski definition) is 0. The highest BCUT2D eigenvalue weighted by Crippen LogP contribution is 2.50. The summed E-state index contributed by atoms with van der Waals surface area (Å²) in [5, 5.41) is 12.9. The Hall–Kier alpha value is -5.72. The fourth-order valence-electron chi connectivity index (χ4n) is 8.23. The second-order valence-corrected chi connectivity index (χ2v) is 13.8. The van der Waals surface area contributed by atoms with Crippen molar-refractivity contribution in [3.8, 4) is 33.4 Å². The van der Waals surface area contributed by atoms with E-state index in [0.29, 0.717) is 0 Å². The van der Waals surface area contributed by atoms with Crippen LogP contribution in [0, 0.1) is 0 Å². The normalized spacial score (nSPS) is 13.5. The van der Waals surface area contributed by atoms with Gasteiger partial charge in [0.05, 0.1) is 0 Å². The molecule has 0 nitrogen and oxygen atoms in total. The highest BCUT2D eigenvalue weighted by molar-refractivity contribution is 6.18. The van der Waals surface area contributed by atoms with E-state index in [-0.39, 0.29) is 5.41 Å². The van der Waals surface area contributed by atoms with E-state index in [1.807, 2.05) is 0 Å². The molecule has 10 rings (SSSR count). The molecule has 0 amide bonds. The van der Waals surface area contributed by atoms with Crippen LogP contribution in [0.25, 0.3) is 87.2 Å². The van der Waals surface area contributed by atoms with Gasteiger partial charge in [-0.2, -0.15) is 0 Å². The molecule has 0 unspecified atom stereocenters. The van der Waals surface area contributed by atoms with E-state index < -0.39 is 0 Å². The molecule has 0 aromatic heterocycles. The minimum atomic E-state index is 0.0111. The van der Waals surface area contributed by atoms with Crippen molar-refractivity contribution in [1.29, 1.82) is 0 Å². The van der Waals surface area contributed by atoms with Crippen LogP contribution >= 0.6 is 0 Å². The van der Waals surface area contributed by atoms with Gasteiger partial charge in [0, 0.05) is 5.41 Å². The van der Waals surface area contributed by atoms with Crippen LogP contribution in [0.4, 0.5) is 0 Å². The first-order chi connectivity index (χ1) is 23.0. The minimum Gasteiger partial charge on any atom is -0.0619 e. The van der Waals surface area contributed by atoms with Crippen molar-refractivity contribution in [2.45, 2.75) is 19.3 Å². The molecule has 0 fully saturated rings. The Morgan fingerprint density at radius 2 is 0.766 bits per heavy atom. The van der Waals surface area contributed by atoms with Crippen LogP contribution in [0.5, 0.6) is 0 Å². The average Bonchev–Trinajstić information content (AvgIpc) is 3.34. The molecule has 0 heterocycles. The van der Waals surface area contributed by atoms with Gasteiger partial charge in [-0.05, 0) is 135 Å². The molecule has 0 radical (unpaired) electrons. The van der Waals surface area contributed by atoms with Gasteiger partial charge in [0.15, 0.2) is 0 Å². The number of benzene rings is 9. The molecular formula is C47H32. The molecule has 1 aliphatic rings. The van der Waals surface area contributed by atoms with Crippen molar-refractivity contribution in [3.63, 3.8) is 0 Å². The summed E-state index contributed by atoms with van der Waals surface area (Å²) < 4.78 is 0. The van der Waals surface area contributed by atoms with Gasteiger partial charge in [-0.15, -0.1) is 0 Å². The highest BCUT2D eigenvalue weighted by atomic mass is 14.4. The van der Waals surface area contributed by atoms with Crippen LogP contribution in [0.15, 0.2) is 158 Å². The number of fused-ring (bicyclic) bond motifs is 10. The van der Waals surface area contributed by atoms with Crippen LogP contribution < -0.4 is 0 Å². The summed E-state index contributed by atoms with van der Waals surface area (Å²) in [6.07, 6.45) is 0. The lowest BCUT2D eigenvalue weighted by Crippen LogP contribution is -2.14. The summed E-state index contributed by atoms with van der Waals surface area (Å²) in [5.41, 5.74) is 10.6. The van der Waals surface area contributed by atoms with Crippen LogP contribution in [0.2, 0.25) is 0 Å². The van der Waals surface area contributed by atoms with Gasteiger partial charge in [0.25, 0.3) is 0 Å². The summed E-state index contributed by atoms with van der Waals surface area (Å²) in [6, 6.07) is 59.0. The smallest absolute Gasteiger partial charge is 0.0159 e. The van der Waals surface area contributed by atoms with Crippen molar-refractivity contribution in [3.05, 3.63) is 169 Å². The van der Waals surface area contributed by atoms with Gasteiger partial charge in [-0.3, -0.25) is 0 Å². The predicted molar refractivity (Wildman–Crippen MR) is 202 cm³/mol. The van der Waals surface area contributed by atoms with E-state index in [9.17, 15) is 0 Å². The SMILES string of the molecule is CC1(C)c2ccccc2-c2cc3c(ccc4c5ccc(-c6ccc7cc(-c8ccc9ccccc9c8)ccc7c6)cc5ccc34)cc21.